The maximum atomic E-state index is 11.8. The minimum absolute atomic E-state index is 0.322. The van der Waals surface area contributed by atoms with Crippen LogP contribution in [0.1, 0.15) is 27.2 Å². The second-order valence-corrected chi connectivity index (χ2v) is 7.51. The lowest BCUT2D eigenvalue weighted by atomic mass is 10.2. The van der Waals surface area contributed by atoms with Crippen molar-refractivity contribution in [3.8, 4) is 5.88 Å². The smallest absolute Gasteiger partial charge is 0.410 e. The SMILES string of the molecule is CN(CCCOc1ccc2cc(Br)ccc2n1)C(=O)OC(C)(C)C. The lowest BCUT2D eigenvalue weighted by molar-refractivity contribution is 0.0292. The summed E-state index contributed by atoms with van der Waals surface area (Å²) in [5.74, 6) is 0.588. The van der Waals surface area contributed by atoms with Gasteiger partial charge in [-0.05, 0) is 51.5 Å². The summed E-state index contributed by atoms with van der Waals surface area (Å²) in [5.41, 5.74) is 0.410. The number of carbonyl (C=O) groups is 1. The number of fused-ring (bicyclic) bond motifs is 1. The molecule has 0 atom stereocenters. The summed E-state index contributed by atoms with van der Waals surface area (Å²) >= 11 is 3.44. The molecule has 2 aromatic rings. The quantitative estimate of drug-likeness (QED) is 0.693. The maximum absolute atomic E-state index is 11.8. The van der Waals surface area contributed by atoms with Gasteiger partial charge in [0.15, 0.2) is 0 Å². The van der Waals surface area contributed by atoms with Crippen LogP contribution in [-0.2, 0) is 4.74 Å². The number of benzene rings is 1. The first-order valence-corrected chi connectivity index (χ1v) is 8.67. The molecule has 0 aliphatic heterocycles. The largest absolute Gasteiger partial charge is 0.478 e. The Hall–Kier alpha value is -1.82. The van der Waals surface area contributed by atoms with Crippen molar-refractivity contribution in [2.75, 3.05) is 20.2 Å². The molecular weight excluding hydrogens is 372 g/mol. The van der Waals surface area contributed by atoms with Crippen molar-refractivity contribution in [3.63, 3.8) is 0 Å². The third kappa shape index (κ3) is 5.67. The molecular formula is C18H23BrN2O3. The number of hydrogen-bond donors (Lipinski definition) is 0. The van der Waals surface area contributed by atoms with Crippen LogP contribution in [0.5, 0.6) is 5.88 Å². The van der Waals surface area contributed by atoms with Crippen LogP contribution >= 0.6 is 15.9 Å². The second-order valence-electron chi connectivity index (χ2n) is 6.59. The summed E-state index contributed by atoms with van der Waals surface area (Å²) in [6, 6.07) is 9.75. The van der Waals surface area contributed by atoms with Crippen LogP contribution in [0, 0.1) is 0 Å². The van der Waals surface area contributed by atoms with Crippen LogP contribution in [0.2, 0.25) is 0 Å². The maximum Gasteiger partial charge on any atom is 0.410 e. The molecule has 0 saturated carbocycles. The van der Waals surface area contributed by atoms with Crippen LogP contribution in [0.3, 0.4) is 0 Å². The molecule has 1 aromatic heterocycles. The van der Waals surface area contributed by atoms with E-state index >= 15 is 0 Å². The van der Waals surface area contributed by atoms with Crippen molar-refractivity contribution in [3.05, 3.63) is 34.8 Å². The molecule has 1 heterocycles. The van der Waals surface area contributed by atoms with Gasteiger partial charge in [0, 0.05) is 29.5 Å². The molecule has 1 aromatic carbocycles. The van der Waals surface area contributed by atoms with Crippen molar-refractivity contribution in [1.82, 2.24) is 9.88 Å². The monoisotopic (exact) mass is 394 g/mol. The number of carbonyl (C=O) groups excluding carboxylic acids is 1. The zero-order valence-corrected chi connectivity index (χ0v) is 16.1. The summed E-state index contributed by atoms with van der Waals surface area (Å²) in [4.78, 5) is 17.9. The molecule has 0 N–H and O–H groups in total. The zero-order valence-electron chi connectivity index (χ0n) is 14.5. The van der Waals surface area contributed by atoms with Gasteiger partial charge in [-0.25, -0.2) is 9.78 Å². The molecule has 0 unspecified atom stereocenters. The fourth-order valence-electron chi connectivity index (χ4n) is 2.07. The number of halogens is 1. The average molecular weight is 395 g/mol. The number of nitrogens with zero attached hydrogens (tertiary/aromatic N) is 2. The van der Waals surface area contributed by atoms with Crippen LogP contribution in [0.25, 0.3) is 10.9 Å². The normalized spacial score (nSPS) is 11.4. The number of amides is 1. The standard InChI is InChI=1S/C18H23BrN2O3/c1-18(2,3)24-17(22)21(4)10-5-11-23-16-9-6-13-12-14(19)7-8-15(13)20-16/h6-9,12H,5,10-11H2,1-4H3. The highest BCUT2D eigenvalue weighted by Gasteiger charge is 2.19. The fourth-order valence-corrected chi connectivity index (χ4v) is 2.45. The Kier molecular flexibility index (Phi) is 6.04. The Morgan fingerprint density at radius 1 is 1.25 bits per heavy atom. The number of ether oxygens (including phenoxy) is 2. The molecule has 6 heteroatoms. The summed E-state index contributed by atoms with van der Waals surface area (Å²) in [6.07, 6.45) is 0.382. The van der Waals surface area contributed by atoms with Gasteiger partial charge in [-0.2, -0.15) is 0 Å². The van der Waals surface area contributed by atoms with Crippen molar-refractivity contribution in [2.24, 2.45) is 0 Å². The number of aromatic nitrogens is 1. The molecule has 130 valence electrons. The first kappa shape index (κ1) is 18.5. The minimum atomic E-state index is -0.480. The molecule has 24 heavy (non-hydrogen) atoms. The number of rotatable bonds is 5. The van der Waals surface area contributed by atoms with Crippen LogP contribution in [0.4, 0.5) is 4.79 Å². The first-order valence-electron chi connectivity index (χ1n) is 7.88. The van der Waals surface area contributed by atoms with Crippen molar-refractivity contribution < 1.29 is 14.3 Å². The van der Waals surface area contributed by atoms with Crippen molar-refractivity contribution in [2.45, 2.75) is 32.8 Å². The van der Waals surface area contributed by atoms with Crippen molar-refractivity contribution >= 4 is 32.9 Å². The molecule has 0 spiro atoms. The molecule has 0 aliphatic carbocycles. The Labute approximate surface area is 151 Å². The molecule has 0 aliphatic rings. The summed E-state index contributed by atoms with van der Waals surface area (Å²) < 4.78 is 12.0. The van der Waals surface area contributed by atoms with Gasteiger partial charge in [0.1, 0.15) is 5.60 Å². The van der Waals surface area contributed by atoms with E-state index in [1.54, 1.807) is 11.9 Å². The Bertz CT molecular complexity index is 713. The first-order chi connectivity index (χ1) is 11.2. The Morgan fingerprint density at radius 3 is 2.71 bits per heavy atom. The predicted molar refractivity (Wildman–Crippen MR) is 98.4 cm³/mol. The fraction of sp³-hybridized carbons (Fsp3) is 0.444. The Balaban J connectivity index is 1.80. The zero-order chi connectivity index (χ0) is 17.7. The second kappa shape index (κ2) is 7.83. The lowest BCUT2D eigenvalue weighted by Gasteiger charge is -2.24. The van der Waals surface area contributed by atoms with Crippen LogP contribution in [-0.4, -0.2) is 41.8 Å². The summed E-state index contributed by atoms with van der Waals surface area (Å²) in [7, 11) is 1.72. The molecule has 0 fully saturated rings. The number of hydrogen-bond acceptors (Lipinski definition) is 4. The van der Waals surface area contributed by atoms with E-state index in [0.717, 1.165) is 15.4 Å². The highest BCUT2D eigenvalue weighted by molar-refractivity contribution is 9.10. The topological polar surface area (TPSA) is 51.7 Å². The predicted octanol–water partition coefficient (Wildman–Crippen LogP) is 4.63. The van der Waals surface area contributed by atoms with Gasteiger partial charge in [-0.3, -0.25) is 0 Å². The summed E-state index contributed by atoms with van der Waals surface area (Å²) in [6.45, 7) is 6.61. The van der Waals surface area contributed by atoms with Crippen molar-refractivity contribution in [1.29, 1.82) is 0 Å². The van der Waals surface area contributed by atoms with Gasteiger partial charge in [0.2, 0.25) is 5.88 Å². The molecule has 0 bridgehead atoms. The average Bonchev–Trinajstić information content (AvgIpc) is 2.49. The molecule has 1 amide bonds. The summed E-state index contributed by atoms with van der Waals surface area (Å²) in [5, 5.41) is 1.06. The van der Waals surface area contributed by atoms with E-state index in [4.69, 9.17) is 9.47 Å². The van der Waals surface area contributed by atoms with E-state index in [-0.39, 0.29) is 6.09 Å². The number of pyridine rings is 1. The van der Waals surface area contributed by atoms with Gasteiger partial charge in [-0.1, -0.05) is 15.9 Å². The Morgan fingerprint density at radius 2 is 2.00 bits per heavy atom. The lowest BCUT2D eigenvalue weighted by Crippen LogP contribution is -2.35. The van der Waals surface area contributed by atoms with Crippen LogP contribution in [0.15, 0.2) is 34.8 Å². The highest BCUT2D eigenvalue weighted by atomic mass is 79.9. The third-order valence-electron chi connectivity index (χ3n) is 3.22. The molecule has 5 nitrogen and oxygen atoms in total. The third-order valence-corrected chi connectivity index (χ3v) is 3.71. The highest BCUT2D eigenvalue weighted by Crippen LogP contribution is 2.21. The van der Waals surface area contributed by atoms with Gasteiger partial charge < -0.3 is 14.4 Å². The van der Waals surface area contributed by atoms with E-state index < -0.39 is 5.60 Å². The molecule has 0 saturated heterocycles. The van der Waals surface area contributed by atoms with Gasteiger partial charge >= 0.3 is 6.09 Å². The van der Waals surface area contributed by atoms with E-state index in [1.807, 2.05) is 51.1 Å². The van der Waals surface area contributed by atoms with Crippen LogP contribution < -0.4 is 4.74 Å². The van der Waals surface area contributed by atoms with E-state index in [1.165, 1.54) is 0 Å². The minimum Gasteiger partial charge on any atom is -0.478 e. The molecule has 0 radical (unpaired) electrons. The molecule has 2 rings (SSSR count). The van der Waals surface area contributed by atoms with Gasteiger partial charge in [0.05, 0.1) is 12.1 Å². The van der Waals surface area contributed by atoms with E-state index in [0.29, 0.717) is 25.5 Å². The van der Waals surface area contributed by atoms with Gasteiger partial charge in [0.25, 0.3) is 0 Å². The van der Waals surface area contributed by atoms with E-state index in [9.17, 15) is 4.79 Å². The van der Waals surface area contributed by atoms with Gasteiger partial charge in [-0.15, -0.1) is 0 Å². The van der Waals surface area contributed by atoms with E-state index in [2.05, 4.69) is 20.9 Å².